The van der Waals surface area contributed by atoms with Crippen LogP contribution in [0.3, 0.4) is 0 Å². The van der Waals surface area contributed by atoms with Gasteiger partial charge in [0.2, 0.25) is 17.7 Å². The summed E-state index contributed by atoms with van der Waals surface area (Å²) in [5.41, 5.74) is 0.535. The highest BCUT2D eigenvalue weighted by Crippen LogP contribution is 2.23. The number of rotatable bonds is 13. The first kappa shape index (κ1) is 31.5. The Morgan fingerprint density at radius 1 is 1.10 bits per heavy atom. The number of halogens is 1. The van der Waals surface area contributed by atoms with Crippen molar-refractivity contribution in [2.75, 3.05) is 19.4 Å². The lowest BCUT2D eigenvalue weighted by atomic mass is 9.83. The fraction of sp³-hybridized carbons (Fsp3) is 0.379. The van der Waals surface area contributed by atoms with Crippen molar-refractivity contribution in [1.29, 1.82) is 0 Å². The molecule has 0 bridgehead atoms. The van der Waals surface area contributed by atoms with E-state index in [4.69, 9.17) is 0 Å². The Morgan fingerprint density at radius 2 is 1.76 bits per heavy atom. The normalized spacial score (nSPS) is 12.8. The average Bonchev–Trinajstić information content (AvgIpc) is 3.36. The number of amides is 3. The Bertz CT molecular complexity index is 1310. The summed E-state index contributed by atoms with van der Waals surface area (Å²) < 4.78 is 15.1. The molecule has 0 aliphatic rings. The number of aryl methyl sites for hydroxylation is 1. The van der Waals surface area contributed by atoms with Gasteiger partial charge in [-0.25, -0.2) is 9.37 Å². The van der Waals surface area contributed by atoms with Gasteiger partial charge in [-0.2, -0.15) is 0 Å². The molecule has 0 spiro atoms. The topological polar surface area (TPSA) is 129 Å². The summed E-state index contributed by atoms with van der Waals surface area (Å²) in [6.45, 7) is 4.75. The van der Waals surface area contributed by atoms with Crippen LogP contribution in [0.2, 0.25) is 6.82 Å². The zero-order valence-electron chi connectivity index (χ0n) is 24.1. The Balaban J connectivity index is 1.79. The molecule has 2 unspecified atom stereocenters. The Kier molecular flexibility index (Phi) is 10.8. The molecule has 0 radical (unpaired) electrons. The summed E-state index contributed by atoms with van der Waals surface area (Å²) in [5.74, 6) is -1.41. The van der Waals surface area contributed by atoms with Gasteiger partial charge < -0.3 is 30.4 Å². The number of nitrogens with one attached hydrogen (secondary N) is 3. The van der Waals surface area contributed by atoms with E-state index < -0.39 is 42.3 Å². The fourth-order valence-corrected chi connectivity index (χ4v) is 4.44. The minimum atomic E-state index is -1.14. The summed E-state index contributed by atoms with van der Waals surface area (Å²) in [6, 6.07) is 13.7. The SMILES string of the molecule is CB(O)NC(C)(C)C(=O)NC(CCCc1ccccc1)C(=O)Nc1cn(C(C(=O)N(C)C)c2ccc(F)cc2)cn1. The molecule has 0 fully saturated rings. The number of imidazole rings is 1. The minimum Gasteiger partial charge on any atom is -0.437 e. The third-order valence-electron chi connectivity index (χ3n) is 6.57. The molecule has 0 aliphatic carbocycles. The van der Waals surface area contributed by atoms with Gasteiger partial charge in [0.25, 0.3) is 0 Å². The van der Waals surface area contributed by atoms with E-state index in [0.29, 0.717) is 18.4 Å². The van der Waals surface area contributed by atoms with Gasteiger partial charge in [-0.3, -0.25) is 14.4 Å². The first-order valence-electron chi connectivity index (χ1n) is 13.5. The molecule has 2 atom stereocenters. The predicted molar refractivity (Wildman–Crippen MR) is 156 cm³/mol. The van der Waals surface area contributed by atoms with Crippen LogP contribution in [0.1, 0.15) is 43.9 Å². The number of likely N-dealkylation sites (N-methyl/N-ethyl adjacent to an activating group) is 1. The molecular formula is C29H38BFN6O4. The van der Waals surface area contributed by atoms with E-state index in [1.807, 2.05) is 30.3 Å². The maximum Gasteiger partial charge on any atom is 0.374 e. The van der Waals surface area contributed by atoms with Crippen molar-refractivity contribution in [3.63, 3.8) is 0 Å². The van der Waals surface area contributed by atoms with E-state index in [0.717, 1.165) is 12.0 Å². The van der Waals surface area contributed by atoms with Crippen LogP contribution in [-0.2, 0) is 20.8 Å². The summed E-state index contributed by atoms with van der Waals surface area (Å²) in [6.07, 6.45) is 4.65. The van der Waals surface area contributed by atoms with Crippen LogP contribution < -0.4 is 15.9 Å². The number of carbonyl (C=O) groups excluding carboxylic acids is 3. The van der Waals surface area contributed by atoms with Gasteiger partial charge in [-0.15, -0.1) is 0 Å². The smallest absolute Gasteiger partial charge is 0.374 e. The Labute approximate surface area is 240 Å². The van der Waals surface area contributed by atoms with Gasteiger partial charge in [-0.1, -0.05) is 42.5 Å². The highest BCUT2D eigenvalue weighted by atomic mass is 19.1. The Morgan fingerprint density at radius 3 is 2.37 bits per heavy atom. The lowest BCUT2D eigenvalue weighted by Crippen LogP contribution is -2.60. The molecule has 1 aromatic heterocycles. The molecule has 41 heavy (non-hydrogen) atoms. The van der Waals surface area contributed by atoms with Crippen molar-refractivity contribution in [3.8, 4) is 0 Å². The van der Waals surface area contributed by atoms with E-state index in [9.17, 15) is 23.8 Å². The number of hydrogen-bond acceptors (Lipinski definition) is 6. The van der Waals surface area contributed by atoms with Gasteiger partial charge in [0.05, 0.1) is 11.9 Å². The Hall–Kier alpha value is -4.03. The van der Waals surface area contributed by atoms with Crippen molar-refractivity contribution < 1.29 is 23.8 Å². The maximum absolute atomic E-state index is 13.5. The number of hydrogen-bond donors (Lipinski definition) is 4. The number of benzene rings is 2. The summed E-state index contributed by atoms with van der Waals surface area (Å²) in [4.78, 5) is 45.2. The van der Waals surface area contributed by atoms with E-state index in [1.165, 1.54) is 48.5 Å². The standard InChI is InChI=1S/C29H38BFN6O4/c1-29(2,35-30(3)41)28(40)33-23(13-9-12-20-10-7-6-8-11-20)26(38)34-24-18-37(19-32-24)25(27(39)36(4)5)21-14-16-22(31)17-15-21/h6-8,10-11,14-19,23,25,35,41H,9,12-13H2,1-5H3,(H,33,40)(H,34,38). The molecule has 3 aromatic rings. The second-order valence-corrected chi connectivity index (χ2v) is 10.7. The zero-order chi connectivity index (χ0) is 30.2. The second kappa shape index (κ2) is 14.0. The summed E-state index contributed by atoms with van der Waals surface area (Å²) >= 11 is 0. The van der Waals surface area contributed by atoms with Gasteiger partial charge in [-0.05, 0) is 63.2 Å². The molecule has 0 saturated carbocycles. The predicted octanol–water partition coefficient (Wildman–Crippen LogP) is 2.62. The van der Waals surface area contributed by atoms with Crippen molar-refractivity contribution in [2.45, 2.75) is 57.6 Å². The first-order chi connectivity index (χ1) is 19.4. The molecule has 2 aromatic carbocycles. The van der Waals surface area contributed by atoms with Crippen LogP contribution in [0.15, 0.2) is 67.1 Å². The van der Waals surface area contributed by atoms with E-state index in [1.54, 1.807) is 32.5 Å². The molecule has 3 amide bonds. The van der Waals surface area contributed by atoms with Crippen LogP contribution >= 0.6 is 0 Å². The largest absolute Gasteiger partial charge is 0.437 e. The third kappa shape index (κ3) is 8.99. The van der Waals surface area contributed by atoms with E-state index in [2.05, 4.69) is 20.8 Å². The molecule has 10 nitrogen and oxygen atoms in total. The number of carbonyl (C=O) groups is 3. The minimum absolute atomic E-state index is 0.192. The summed E-state index contributed by atoms with van der Waals surface area (Å²) in [7, 11) is 2.31. The van der Waals surface area contributed by atoms with Gasteiger partial charge in [0, 0.05) is 20.3 Å². The van der Waals surface area contributed by atoms with Crippen molar-refractivity contribution in [1.82, 2.24) is 25.0 Å². The molecule has 12 heteroatoms. The number of aromatic nitrogens is 2. The first-order valence-corrected chi connectivity index (χ1v) is 13.5. The van der Waals surface area contributed by atoms with Crippen molar-refractivity contribution >= 4 is 30.6 Å². The van der Waals surface area contributed by atoms with Crippen molar-refractivity contribution in [2.24, 2.45) is 0 Å². The average molecular weight is 564 g/mol. The van der Waals surface area contributed by atoms with E-state index >= 15 is 0 Å². The van der Waals surface area contributed by atoms with Crippen molar-refractivity contribution in [3.05, 3.63) is 84.1 Å². The monoisotopic (exact) mass is 564 g/mol. The molecule has 3 rings (SSSR count). The van der Waals surface area contributed by atoms with Crippen LogP contribution in [0.5, 0.6) is 0 Å². The quantitative estimate of drug-likeness (QED) is 0.237. The zero-order valence-corrected chi connectivity index (χ0v) is 24.1. The maximum atomic E-state index is 13.5. The fourth-order valence-electron chi connectivity index (χ4n) is 4.44. The van der Waals surface area contributed by atoms with Gasteiger partial charge >= 0.3 is 7.05 Å². The number of anilines is 1. The van der Waals surface area contributed by atoms with Gasteiger partial charge in [0.1, 0.15) is 17.9 Å². The molecule has 0 saturated heterocycles. The molecule has 1 heterocycles. The second-order valence-electron chi connectivity index (χ2n) is 10.7. The lowest BCUT2D eigenvalue weighted by molar-refractivity contribution is -0.131. The lowest BCUT2D eigenvalue weighted by Gasteiger charge is -2.28. The highest BCUT2D eigenvalue weighted by molar-refractivity contribution is 6.46. The molecule has 4 N–H and O–H groups in total. The molecule has 0 aliphatic heterocycles. The van der Waals surface area contributed by atoms with Crippen LogP contribution in [0.4, 0.5) is 10.2 Å². The van der Waals surface area contributed by atoms with E-state index in [-0.39, 0.29) is 11.7 Å². The van der Waals surface area contributed by atoms with Crippen LogP contribution in [-0.4, -0.2) is 69.9 Å². The van der Waals surface area contributed by atoms with Gasteiger partial charge in [0.15, 0.2) is 5.82 Å². The summed E-state index contributed by atoms with van der Waals surface area (Å²) in [5, 5.41) is 18.1. The van der Waals surface area contributed by atoms with Crippen LogP contribution in [0.25, 0.3) is 0 Å². The molecule has 218 valence electrons. The number of nitrogens with zero attached hydrogens (tertiary/aromatic N) is 3. The third-order valence-corrected chi connectivity index (χ3v) is 6.57. The highest BCUT2D eigenvalue weighted by Gasteiger charge is 2.33. The molecular weight excluding hydrogens is 526 g/mol. The van der Waals surface area contributed by atoms with Crippen LogP contribution in [0, 0.1) is 5.82 Å².